The molecule has 1 aromatic carbocycles. The van der Waals surface area contributed by atoms with Crippen LogP contribution in [-0.4, -0.2) is 76.6 Å². The number of benzene rings is 1. The molecule has 1 atom stereocenters. The van der Waals surface area contributed by atoms with Crippen LogP contribution in [0.3, 0.4) is 0 Å². The first-order valence-electron chi connectivity index (χ1n) is 11.8. The highest BCUT2D eigenvalue weighted by Crippen LogP contribution is 2.45. The molecule has 3 N–H and O–H groups in total. The van der Waals surface area contributed by atoms with E-state index >= 15 is 0 Å². The number of carbonyl (C=O) groups excluding carboxylic acids is 1. The number of pyridine rings is 1. The van der Waals surface area contributed by atoms with Crippen LogP contribution in [0.4, 0.5) is 32.0 Å². The van der Waals surface area contributed by atoms with Gasteiger partial charge >= 0.3 is 24.3 Å². The quantitative estimate of drug-likeness (QED) is 0.460. The smallest absolute Gasteiger partial charge is 0.475 e. The Labute approximate surface area is 224 Å². The lowest BCUT2D eigenvalue weighted by Crippen LogP contribution is -2.42. The molecule has 3 heterocycles. The van der Waals surface area contributed by atoms with Gasteiger partial charge in [-0.3, -0.25) is 14.7 Å². The first-order chi connectivity index (χ1) is 18.6. The molecule has 1 unspecified atom stereocenters. The SMILES string of the molecule is O=C(Nc1ccccc1)C1CN(Cc2cccnc2)CC12CCOCC2.O=C(O)C(F)(F)F.O=C(O)C(F)(F)F. The van der Waals surface area contributed by atoms with Crippen molar-refractivity contribution in [2.24, 2.45) is 11.3 Å². The zero-order chi connectivity index (χ0) is 30.0. The Morgan fingerprint density at radius 2 is 1.50 bits per heavy atom. The molecule has 2 aliphatic heterocycles. The first-order valence-corrected chi connectivity index (χ1v) is 11.8. The predicted molar refractivity (Wildman–Crippen MR) is 128 cm³/mol. The number of hydrogen-bond donors (Lipinski definition) is 3. The molecule has 1 aromatic heterocycles. The maximum atomic E-state index is 13.1. The van der Waals surface area contributed by atoms with Crippen LogP contribution in [0.5, 0.6) is 0 Å². The number of carbonyl (C=O) groups is 3. The van der Waals surface area contributed by atoms with E-state index in [1.165, 1.54) is 5.56 Å². The molecule has 220 valence electrons. The van der Waals surface area contributed by atoms with Gasteiger partial charge in [0, 0.05) is 56.3 Å². The second kappa shape index (κ2) is 14.1. The molecule has 0 radical (unpaired) electrons. The summed E-state index contributed by atoms with van der Waals surface area (Å²) in [6, 6.07) is 13.8. The molecular weight excluding hydrogens is 552 g/mol. The summed E-state index contributed by atoms with van der Waals surface area (Å²) in [5.74, 6) is -5.39. The number of nitrogens with one attached hydrogen (secondary N) is 1. The number of alkyl halides is 6. The number of anilines is 1. The lowest BCUT2D eigenvalue weighted by Gasteiger charge is -2.37. The molecule has 0 aliphatic carbocycles. The Hall–Kier alpha value is -3.72. The first kappa shape index (κ1) is 32.5. The summed E-state index contributed by atoms with van der Waals surface area (Å²) in [5, 5.41) is 17.4. The summed E-state index contributed by atoms with van der Waals surface area (Å²) in [6.07, 6.45) is -4.57. The largest absolute Gasteiger partial charge is 0.490 e. The van der Waals surface area contributed by atoms with Crippen LogP contribution in [0.1, 0.15) is 18.4 Å². The van der Waals surface area contributed by atoms with Crippen LogP contribution < -0.4 is 5.32 Å². The number of halogens is 6. The van der Waals surface area contributed by atoms with Gasteiger partial charge < -0.3 is 20.3 Å². The maximum absolute atomic E-state index is 13.1. The van der Waals surface area contributed by atoms with Crippen LogP contribution in [0.15, 0.2) is 54.9 Å². The number of para-hydroxylation sites is 1. The zero-order valence-electron chi connectivity index (χ0n) is 20.9. The Bertz CT molecular complexity index is 1090. The molecule has 2 aromatic rings. The Balaban J connectivity index is 0.000000333. The van der Waals surface area contributed by atoms with Crippen molar-refractivity contribution in [2.75, 3.05) is 31.6 Å². The third-order valence-corrected chi connectivity index (χ3v) is 6.18. The predicted octanol–water partition coefficient (Wildman–Crippen LogP) is 4.22. The van der Waals surface area contributed by atoms with E-state index in [0.29, 0.717) is 0 Å². The number of likely N-dealkylation sites (tertiary alicyclic amines) is 1. The molecular formula is C25H27F6N3O6. The summed E-state index contributed by atoms with van der Waals surface area (Å²) in [7, 11) is 0. The van der Waals surface area contributed by atoms with Crippen molar-refractivity contribution >= 4 is 23.5 Å². The fraction of sp³-hybridized carbons (Fsp3) is 0.440. The normalized spacial score (nSPS) is 18.5. The summed E-state index contributed by atoms with van der Waals surface area (Å²) < 4.78 is 69.1. The number of hydrogen-bond acceptors (Lipinski definition) is 6. The summed E-state index contributed by atoms with van der Waals surface area (Å²) in [5.41, 5.74) is 2.07. The molecule has 15 heteroatoms. The highest BCUT2D eigenvalue weighted by atomic mass is 19.4. The number of amides is 1. The van der Waals surface area contributed by atoms with Crippen molar-refractivity contribution in [1.82, 2.24) is 9.88 Å². The van der Waals surface area contributed by atoms with Crippen LogP contribution >= 0.6 is 0 Å². The second-order valence-electron chi connectivity index (χ2n) is 9.02. The van der Waals surface area contributed by atoms with Crippen LogP contribution in [-0.2, 0) is 25.7 Å². The average Bonchev–Trinajstić information content (AvgIpc) is 3.22. The fourth-order valence-electron chi connectivity index (χ4n) is 4.34. The topological polar surface area (TPSA) is 129 Å². The van der Waals surface area contributed by atoms with Crippen LogP contribution in [0.2, 0.25) is 0 Å². The van der Waals surface area contributed by atoms with E-state index in [9.17, 15) is 31.1 Å². The van der Waals surface area contributed by atoms with E-state index in [1.54, 1.807) is 6.20 Å². The van der Waals surface area contributed by atoms with E-state index in [2.05, 4.69) is 21.3 Å². The van der Waals surface area contributed by atoms with Crippen molar-refractivity contribution in [3.8, 4) is 0 Å². The minimum Gasteiger partial charge on any atom is -0.475 e. The van der Waals surface area contributed by atoms with Gasteiger partial charge in [0.1, 0.15) is 0 Å². The lowest BCUT2D eigenvalue weighted by atomic mass is 9.71. The molecule has 0 saturated carbocycles. The van der Waals surface area contributed by atoms with Gasteiger partial charge in [-0.25, -0.2) is 9.59 Å². The summed E-state index contributed by atoms with van der Waals surface area (Å²) in [4.78, 5) is 37.5. The van der Waals surface area contributed by atoms with Gasteiger partial charge in [-0.05, 0) is 36.6 Å². The van der Waals surface area contributed by atoms with E-state index in [0.717, 1.165) is 51.4 Å². The number of rotatable bonds is 4. The highest BCUT2D eigenvalue weighted by Gasteiger charge is 2.50. The molecule has 1 amide bonds. The molecule has 40 heavy (non-hydrogen) atoms. The van der Waals surface area contributed by atoms with Crippen molar-refractivity contribution < 1.29 is 55.7 Å². The summed E-state index contributed by atoms with van der Waals surface area (Å²) >= 11 is 0. The molecule has 2 fully saturated rings. The van der Waals surface area contributed by atoms with E-state index in [4.69, 9.17) is 24.5 Å². The molecule has 2 aliphatic rings. The van der Waals surface area contributed by atoms with Crippen LogP contribution in [0.25, 0.3) is 0 Å². The van der Waals surface area contributed by atoms with Crippen molar-refractivity contribution in [1.29, 1.82) is 0 Å². The van der Waals surface area contributed by atoms with Gasteiger partial charge in [0.25, 0.3) is 0 Å². The molecule has 2 saturated heterocycles. The van der Waals surface area contributed by atoms with Gasteiger partial charge in [-0.2, -0.15) is 26.3 Å². The van der Waals surface area contributed by atoms with Crippen molar-refractivity contribution in [3.05, 3.63) is 60.4 Å². The van der Waals surface area contributed by atoms with Gasteiger partial charge in [-0.15, -0.1) is 0 Å². The van der Waals surface area contributed by atoms with Crippen molar-refractivity contribution in [3.63, 3.8) is 0 Å². The second-order valence-corrected chi connectivity index (χ2v) is 9.02. The molecule has 4 rings (SSSR count). The Morgan fingerprint density at radius 3 is 1.98 bits per heavy atom. The average molecular weight is 579 g/mol. The number of aromatic nitrogens is 1. The number of aliphatic carboxylic acids is 2. The highest BCUT2D eigenvalue weighted by molar-refractivity contribution is 5.93. The van der Waals surface area contributed by atoms with Gasteiger partial charge in [0.15, 0.2) is 0 Å². The van der Waals surface area contributed by atoms with Gasteiger partial charge in [0.2, 0.25) is 5.91 Å². The number of carboxylic acid groups (broad SMARTS) is 2. The van der Waals surface area contributed by atoms with Gasteiger partial charge in [-0.1, -0.05) is 24.3 Å². The number of carboxylic acids is 2. The summed E-state index contributed by atoms with van der Waals surface area (Å²) in [6.45, 7) is 4.06. The maximum Gasteiger partial charge on any atom is 0.490 e. The van der Waals surface area contributed by atoms with Gasteiger partial charge in [0.05, 0.1) is 5.92 Å². The van der Waals surface area contributed by atoms with Crippen LogP contribution in [0, 0.1) is 11.3 Å². The molecule has 9 nitrogen and oxygen atoms in total. The molecule has 0 bridgehead atoms. The standard InChI is InChI=1S/C21H25N3O2.2C2HF3O2/c25-20(23-18-6-2-1-3-7-18)19-15-24(14-17-5-4-10-22-13-17)16-21(19)8-11-26-12-9-21;2*3-2(4,5)1(6)7/h1-7,10,13,19H,8-9,11-12,14-16H2,(H,23,25);2*(H,6,7). The zero-order valence-corrected chi connectivity index (χ0v) is 20.9. The fourth-order valence-corrected chi connectivity index (χ4v) is 4.34. The molecule has 1 spiro atoms. The Kier molecular flexibility index (Phi) is 11.4. The third kappa shape index (κ3) is 10.1. The minimum atomic E-state index is -5.08. The van der Waals surface area contributed by atoms with E-state index in [-0.39, 0.29) is 17.2 Å². The minimum absolute atomic E-state index is 0.0109. The Morgan fingerprint density at radius 1 is 0.950 bits per heavy atom. The van der Waals surface area contributed by atoms with Crippen molar-refractivity contribution in [2.45, 2.75) is 31.7 Å². The monoisotopic (exact) mass is 579 g/mol. The lowest BCUT2D eigenvalue weighted by molar-refractivity contribution is -0.193. The third-order valence-electron chi connectivity index (χ3n) is 6.18. The van der Waals surface area contributed by atoms with E-state index in [1.807, 2.05) is 42.6 Å². The van der Waals surface area contributed by atoms with E-state index < -0.39 is 24.3 Å². The number of ether oxygens (including phenoxy) is 1. The number of nitrogens with zero attached hydrogens (tertiary/aromatic N) is 2.